The summed E-state index contributed by atoms with van der Waals surface area (Å²) in [6.45, 7) is -2.45. The molecule has 0 saturated heterocycles. The predicted octanol–water partition coefficient (Wildman–Crippen LogP) is -0.310. The molecule has 0 saturated carbocycles. The second kappa shape index (κ2) is 9.36. The van der Waals surface area contributed by atoms with Crippen molar-refractivity contribution in [2.45, 2.75) is 13.3 Å². The van der Waals surface area contributed by atoms with E-state index in [0.29, 0.717) is 18.7 Å². The summed E-state index contributed by atoms with van der Waals surface area (Å²) in [4.78, 5) is 0. The largest absolute Gasteiger partial charge is 1.00 e. The second-order valence-electron chi connectivity index (χ2n) is 3.73. The number of benzene rings is 1. The zero-order valence-electron chi connectivity index (χ0n) is 11.0. The first-order chi connectivity index (χ1) is 8.45. The molecule has 1 rings (SSSR count). The molecule has 0 atom stereocenters. The van der Waals surface area contributed by atoms with Gasteiger partial charge >= 0.3 is 58.4 Å². The predicted molar refractivity (Wildman–Crippen MR) is 61.7 cm³/mol. The summed E-state index contributed by atoms with van der Waals surface area (Å²) in [6.07, 6.45) is 0.834. The van der Waals surface area contributed by atoms with Gasteiger partial charge in [-0.1, -0.05) is 13.0 Å². The van der Waals surface area contributed by atoms with Gasteiger partial charge in [0.2, 0.25) is 0 Å². The normalized spacial score (nSPS) is 11.0. The van der Waals surface area contributed by atoms with E-state index < -0.39 is 24.0 Å². The Bertz CT molecular complexity index is 387. The van der Waals surface area contributed by atoms with E-state index in [4.69, 9.17) is 9.47 Å². The molecule has 0 bridgehead atoms. The number of rotatable bonds is 7. The average molecular weight is 304 g/mol. The van der Waals surface area contributed by atoms with Crippen LogP contribution in [0, 0.1) is 5.82 Å². The minimum absolute atomic E-state index is 0. The van der Waals surface area contributed by atoms with Crippen molar-refractivity contribution in [3.63, 3.8) is 0 Å². The van der Waals surface area contributed by atoms with Crippen molar-refractivity contribution < 1.29 is 78.2 Å². The minimum atomic E-state index is -5.15. The molecule has 0 aliphatic rings. The van der Waals surface area contributed by atoms with Crippen molar-refractivity contribution in [2.75, 3.05) is 19.8 Å². The smallest absolute Gasteiger partial charge is 0.488 e. The van der Waals surface area contributed by atoms with Gasteiger partial charge < -0.3 is 22.4 Å². The molecule has 0 amide bonds. The molecule has 19 heavy (non-hydrogen) atoms. The molecule has 0 heterocycles. The first-order valence-corrected chi connectivity index (χ1v) is 5.65. The summed E-state index contributed by atoms with van der Waals surface area (Å²) < 4.78 is 60.6. The van der Waals surface area contributed by atoms with E-state index in [1.807, 2.05) is 6.92 Å². The molecule has 0 radical (unpaired) electrons. The monoisotopic (exact) mass is 304 g/mol. The quantitative estimate of drug-likeness (QED) is 0.391. The van der Waals surface area contributed by atoms with Crippen LogP contribution in [0.15, 0.2) is 18.2 Å². The Hall–Kier alpha value is 0.401. The van der Waals surface area contributed by atoms with Gasteiger partial charge in [-0.3, -0.25) is 0 Å². The van der Waals surface area contributed by atoms with Crippen LogP contribution < -0.4 is 61.6 Å². The van der Waals surface area contributed by atoms with Gasteiger partial charge in [-0.05, 0) is 18.6 Å². The molecule has 1 aromatic carbocycles. The van der Waals surface area contributed by atoms with Crippen molar-refractivity contribution in [1.82, 2.24) is 0 Å². The number of hydrogen-bond acceptors (Lipinski definition) is 2. The number of halogens is 4. The van der Waals surface area contributed by atoms with Gasteiger partial charge in [-0.15, -0.1) is 5.46 Å². The van der Waals surface area contributed by atoms with Crippen molar-refractivity contribution in [1.29, 1.82) is 0 Å². The van der Waals surface area contributed by atoms with E-state index in [2.05, 4.69) is 0 Å². The van der Waals surface area contributed by atoms with Gasteiger partial charge in [0.1, 0.15) is 6.61 Å². The third-order valence-electron chi connectivity index (χ3n) is 2.17. The molecule has 0 N–H and O–H groups in total. The molecule has 2 nitrogen and oxygen atoms in total. The van der Waals surface area contributed by atoms with Crippen LogP contribution in [0.2, 0.25) is 0 Å². The summed E-state index contributed by atoms with van der Waals surface area (Å²) in [5.41, 5.74) is -0.874. The summed E-state index contributed by atoms with van der Waals surface area (Å²) in [7, 11) is 0. The fourth-order valence-electron chi connectivity index (χ4n) is 1.29. The Morgan fingerprint density at radius 1 is 1.11 bits per heavy atom. The molecule has 102 valence electrons. The van der Waals surface area contributed by atoms with Crippen LogP contribution in [0.4, 0.5) is 17.3 Å². The van der Waals surface area contributed by atoms with Crippen LogP contribution in [0.1, 0.15) is 13.3 Å². The molecule has 0 spiro atoms. The molecule has 0 aliphatic carbocycles. The summed E-state index contributed by atoms with van der Waals surface area (Å²) in [6, 6.07) is 2.14. The molecule has 1 aromatic rings. The van der Waals surface area contributed by atoms with E-state index in [-0.39, 0.29) is 64.6 Å². The van der Waals surface area contributed by atoms with Crippen LogP contribution in [0.25, 0.3) is 0 Å². The van der Waals surface area contributed by atoms with Crippen LogP contribution in [0.3, 0.4) is 0 Å². The van der Waals surface area contributed by atoms with Gasteiger partial charge in [0.05, 0.1) is 6.61 Å². The van der Waals surface area contributed by atoms with Crippen molar-refractivity contribution in [3.05, 3.63) is 24.0 Å². The summed E-state index contributed by atoms with van der Waals surface area (Å²) in [5, 5.41) is 0. The van der Waals surface area contributed by atoms with Crippen LogP contribution in [-0.4, -0.2) is 26.8 Å². The Morgan fingerprint density at radius 2 is 1.79 bits per heavy atom. The maximum absolute atomic E-state index is 13.2. The average Bonchev–Trinajstić information content (AvgIpc) is 2.29. The molecule has 0 aromatic heterocycles. The van der Waals surface area contributed by atoms with Crippen LogP contribution in [0.5, 0.6) is 5.75 Å². The first kappa shape index (κ1) is 19.4. The molecule has 8 heteroatoms. The zero-order chi connectivity index (χ0) is 13.6. The molecule has 0 unspecified atom stereocenters. The van der Waals surface area contributed by atoms with Crippen molar-refractivity contribution in [2.24, 2.45) is 0 Å². The SMILES string of the molecule is CCCOCCOc1cc([B-](F)(F)F)ccc1F.[K+]. The van der Waals surface area contributed by atoms with Crippen LogP contribution >= 0.6 is 0 Å². The van der Waals surface area contributed by atoms with Crippen molar-refractivity contribution in [3.8, 4) is 5.75 Å². The maximum Gasteiger partial charge on any atom is 1.00 e. The van der Waals surface area contributed by atoms with E-state index in [1.54, 1.807) is 0 Å². The van der Waals surface area contributed by atoms with Gasteiger partial charge in [0, 0.05) is 6.61 Å². The molecule has 0 fully saturated rings. The topological polar surface area (TPSA) is 18.5 Å². The first-order valence-electron chi connectivity index (χ1n) is 5.65. The van der Waals surface area contributed by atoms with E-state index in [0.717, 1.165) is 12.5 Å². The Balaban J connectivity index is 0.00000324. The Kier molecular flexibility index (Phi) is 9.56. The number of hydrogen-bond donors (Lipinski definition) is 0. The Morgan fingerprint density at radius 3 is 2.37 bits per heavy atom. The fraction of sp³-hybridized carbons (Fsp3) is 0.455. The van der Waals surface area contributed by atoms with E-state index >= 15 is 0 Å². The molecular weight excluding hydrogens is 290 g/mol. The number of ether oxygens (including phenoxy) is 2. The maximum atomic E-state index is 13.2. The van der Waals surface area contributed by atoms with Gasteiger partial charge in [-0.25, -0.2) is 4.39 Å². The second-order valence-corrected chi connectivity index (χ2v) is 3.73. The molecular formula is C11H14BF4KO2. The van der Waals surface area contributed by atoms with E-state index in [9.17, 15) is 17.3 Å². The van der Waals surface area contributed by atoms with Crippen molar-refractivity contribution >= 4 is 12.4 Å². The van der Waals surface area contributed by atoms with E-state index in [1.165, 1.54) is 0 Å². The van der Waals surface area contributed by atoms with Gasteiger partial charge in [0.25, 0.3) is 0 Å². The Labute approximate surface area is 152 Å². The van der Waals surface area contributed by atoms with Gasteiger partial charge in [0.15, 0.2) is 11.6 Å². The fourth-order valence-corrected chi connectivity index (χ4v) is 1.29. The standard InChI is InChI=1S/C11H14BF4O2.K/c1-2-5-17-6-7-18-11-8-9(12(14,15)16)3-4-10(11)13;/h3-4,8H,2,5-7H2,1H3;/q-1;+1. The zero-order valence-corrected chi connectivity index (χ0v) is 14.1. The molecule has 0 aliphatic heterocycles. The third-order valence-corrected chi connectivity index (χ3v) is 2.17. The summed E-state index contributed by atoms with van der Waals surface area (Å²) in [5.74, 6) is -1.21. The van der Waals surface area contributed by atoms with Crippen LogP contribution in [-0.2, 0) is 4.74 Å². The van der Waals surface area contributed by atoms with Gasteiger partial charge in [-0.2, -0.15) is 0 Å². The third kappa shape index (κ3) is 7.10. The minimum Gasteiger partial charge on any atom is -0.488 e. The summed E-state index contributed by atoms with van der Waals surface area (Å²) >= 11 is 0.